The number of carbonyl (C=O) groups excluding carboxylic acids is 1. The Morgan fingerprint density at radius 1 is 1.50 bits per heavy atom. The molecule has 0 aliphatic carbocycles. The van der Waals surface area contributed by atoms with E-state index in [1.54, 1.807) is 0 Å². The second kappa shape index (κ2) is 7.76. The van der Waals surface area contributed by atoms with Crippen LogP contribution in [-0.4, -0.2) is 44.0 Å². The van der Waals surface area contributed by atoms with Gasteiger partial charge in [0.1, 0.15) is 0 Å². The minimum atomic E-state index is 0.00673. The van der Waals surface area contributed by atoms with Crippen molar-refractivity contribution in [2.45, 2.75) is 12.8 Å². The Balaban J connectivity index is 1.67. The van der Waals surface area contributed by atoms with Crippen LogP contribution in [0.4, 0.5) is 5.69 Å². The predicted molar refractivity (Wildman–Crippen MR) is 85.9 cm³/mol. The van der Waals surface area contributed by atoms with Crippen LogP contribution in [0.25, 0.3) is 0 Å². The third kappa shape index (κ3) is 5.23. The van der Waals surface area contributed by atoms with E-state index < -0.39 is 0 Å². The van der Waals surface area contributed by atoms with Gasteiger partial charge in [-0.3, -0.25) is 4.79 Å². The van der Waals surface area contributed by atoms with Gasteiger partial charge >= 0.3 is 0 Å². The van der Waals surface area contributed by atoms with E-state index in [0.717, 1.165) is 23.2 Å². The van der Waals surface area contributed by atoms with Crippen molar-refractivity contribution in [1.82, 2.24) is 10.2 Å². The van der Waals surface area contributed by atoms with Crippen molar-refractivity contribution in [3.05, 3.63) is 28.7 Å². The summed E-state index contributed by atoms with van der Waals surface area (Å²) in [7, 11) is 2.16. The molecule has 4 nitrogen and oxygen atoms in total. The van der Waals surface area contributed by atoms with Gasteiger partial charge < -0.3 is 15.5 Å². The standard InChI is InChI=1S/C15H22BrN3O/c1-19-7-3-4-12(11-19)9-17-10-15(20)18-14-6-2-5-13(16)8-14/h2,5-6,8,12,17H,3-4,7,9-11H2,1H3,(H,18,20). The molecule has 20 heavy (non-hydrogen) atoms. The smallest absolute Gasteiger partial charge is 0.238 e. The van der Waals surface area contributed by atoms with Gasteiger partial charge in [0.25, 0.3) is 0 Å². The van der Waals surface area contributed by atoms with E-state index in [2.05, 4.69) is 38.5 Å². The van der Waals surface area contributed by atoms with Gasteiger partial charge in [0.05, 0.1) is 6.54 Å². The summed E-state index contributed by atoms with van der Waals surface area (Å²) in [5.41, 5.74) is 0.823. The molecular weight excluding hydrogens is 318 g/mol. The summed E-state index contributed by atoms with van der Waals surface area (Å²) in [6.07, 6.45) is 2.51. The van der Waals surface area contributed by atoms with Gasteiger partial charge in [0, 0.05) is 16.7 Å². The highest BCUT2D eigenvalue weighted by molar-refractivity contribution is 9.10. The fraction of sp³-hybridized carbons (Fsp3) is 0.533. The molecular formula is C15H22BrN3O. The third-order valence-corrected chi connectivity index (χ3v) is 4.04. The van der Waals surface area contributed by atoms with Crippen LogP contribution in [0.5, 0.6) is 0 Å². The van der Waals surface area contributed by atoms with E-state index >= 15 is 0 Å². The van der Waals surface area contributed by atoms with E-state index in [0.29, 0.717) is 12.5 Å². The summed E-state index contributed by atoms with van der Waals surface area (Å²) in [4.78, 5) is 14.2. The summed E-state index contributed by atoms with van der Waals surface area (Å²) in [6, 6.07) is 7.63. The van der Waals surface area contributed by atoms with E-state index in [1.807, 2.05) is 24.3 Å². The number of hydrogen-bond donors (Lipinski definition) is 2. The maximum atomic E-state index is 11.8. The molecule has 1 heterocycles. The number of nitrogens with zero attached hydrogens (tertiary/aromatic N) is 1. The van der Waals surface area contributed by atoms with Crippen LogP contribution in [0.3, 0.4) is 0 Å². The van der Waals surface area contributed by atoms with Crippen molar-refractivity contribution >= 4 is 27.5 Å². The molecule has 2 rings (SSSR count). The Morgan fingerprint density at radius 2 is 2.35 bits per heavy atom. The first-order chi connectivity index (χ1) is 9.63. The molecule has 1 aromatic rings. The molecule has 0 saturated carbocycles. The molecule has 1 aliphatic rings. The Morgan fingerprint density at radius 3 is 3.10 bits per heavy atom. The highest BCUT2D eigenvalue weighted by atomic mass is 79.9. The van der Waals surface area contributed by atoms with Crippen LogP contribution in [-0.2, 0) is 4.79 Å². The van der Waals surface area contributed by atoms with Gasteiger partial charge in [-0.05, 0) is 57.1 Å². The molecule has 0 radical (unpaired) electrons. The van der Waals surface area contributed by atoms with E-state index in [-0.39, 0.29) is 5.91 Å². The average molecular weight is 340 g/mol. The first kappa shape index (κ1) is 15.5. The normalized spacial score (nSPS) is 19.8. The number of rotatable bonds is 5. The molecule has 1 aromatic carbocycles. The minimum Gasteiger partial charge on any atom is -0.325 e. The molecule has 1 aliphatic heterocycles. The molecule has 2 N–H and O–H groups in total. The van der Waals surface area contributed by atoms with Crippen molar-refractivity contribution < 1.29 is 4.79 Å². The van der Waals surface area contributed by atoms with Crippen molar-refractivity contribution in [2.24, 2.45) is 5.92 Å². The summed E-state index contributed by atoms with van der Waals surface area (Å²) >= 11 is 3.39. The Labute approximate surface area is 129 Å². The van der Waals surface area contributed by atoms with Gasteiger partial charge in [0.15, 0.2) is 0 Å². The number of anilines is 1. The number of halogens is 1. The number of carbonyl (C=O) groups is 1. The van der Waals surface area contributed by atoms with E-state index in [9.17, 15) is 4.79 Å². The number of benzene rings is 1. The molecule has 0 spiro atoms. The zero-order chi connectivity index (χ0) is 14.4. The zero-order valence-electron chi connectivity index (χ0n) is 11.9. The van der Waals surface area contributed by atoms with Crippen LogP contribution in [0.2, 0.25) is 0 Å². The summed E-state index contributed by atoms with van der Waals surface area (Å²) in [6.45, 7) is 3.60. The van der Waals surface area contributed by atoms with Gasteiger partial charge in [0.2, 0.25) is 5.91 Å². The predicted octanol–water partition coefficient (Wildman–Crippen LogP) is 2.32. The van der Waals surface area contributed by atoms with Crippen molar-refractivity contribution in [1.29, 1.82) is 0 Å². The molecule has 110 valence electrons. The Bertz CT molecular complexity index is 452. The number of amides is 1. The molecule has 1 amide bonds. The number of nitrogens with one attached hydrogen (secondary N) is 2. The van der Waals surface area contributed by atoms with Crippen LogP contribution < -0.4 is 10.6 Å². The van der Waals surface area contributed by atoms with E-state index in [4.69, 9.17) is 0 Å². The third-order valence-electron chi connectivity index (χ3n) is 3.55. The molecule has 1 saturated heterocycles. The average Bonchev–Trinajstić information content (AvgIpc) is 2.38. The van der Waals surface area contributed by atoms with Crippen LogP contribution in [0.15, 0.2) is 28.7 Å². The summed E-state index contributed by atoms with van der Waals surface area (Å²) in [5.74, 6) is 0.666. The first-order valence-electron chi connectivity index (χ1n) is 7.08. The highest BCUT2D eigenvalue weighted by Gasteiger charge is 2.16. The Kier molecular flexibility index (Phi) is 6.01. The van der Waals surface area contributed by atoms with Crippen LogP contribution in [0, 0.1) is 5.92 Å². The Hall–Kier alpha value is -0.910. The maximum Gasteiger partial charge on any atom is 0.238 e. The largest absolute Gasteiger partial charge is 0.325 e. The highest BCUT2D eigenvalue weighted by Crippen LogP contribution is 2.15. The zero-order valence-corrected chi connectivity index (χ0v) is 13.4. The summed E-state index contributed by atoms with van der Waals surface area (Å²) in [5, 5.41) is 6.15. The first-order valence-corrected chi connectivity index (χ1v) is 7.87. The van der Waals surface area contributed by atoms with Gasteiger partial charge in [-0.15, -0.1) is 0 Å². The van der Waals surface area contributed by atoms with Crippen molar-refractivity contribution in [3.63, 3.8) is 0 Å². The fourth-order valence-corrected chi connectivity index (χ4v) is 3.00. The molecule has 1 atom stereocenters. The van der Waals surface area contributed by atoms with Crippen molar-refractivity contribution in [2.75, 3.05) is 38.5 Å². The number of hydrogen-bond acceptors (Lipinski definition) is 3. The number of likely N-dealkylation sites (tertiary alicyclic amines) is 1. The lowest BCUT2D eigenvalue weighted by Gasteiger charge is -2.29. The van der Waals surface area contributed by atoms with Crippen molar-refractivity contribution in [3.8, 4) is 0 Å². The molecule has 1 unspecified atom stereocenters. The lowest BCUT2D eigenvalue weighted by Crippen LogP contribution is -2.39. The van der Waals surface area contributed by atoms with E-state index in [1.165, 1.54) is 19.4 Å². The van der Waals surface area contributed by atoms with Gasteiger partial charge in [-0.2, -0.15) is 0 Å². The lowest BCUT2D eigenvalue weighted by atomic mass is 9.98. The fourth-order valence-electron chi connectivity index (χ4n) is 2.60. The molecule has 5 heteroatoms. The molecule has 0 bridgehead atoms. The SMILES string of the molecule is CN1CCCC(CNCC(=O)Nc2cccc(Br)c2)C1. The minimum absolute atomic E-state index is 0.00673. The lowest BCUT2D eigenvalue weighted by molar-refractivity contribution is -0.115. The molecule has 1 fully saturated rings. The second-order valence-corrected chi connectivity index (χ2v) is 6.38. The molecule has 0 aromatic heterocycles. The van der Waals surface area contributed by atoms with Crippen LogP contribution in [0.1, 0.15) is 12.8 Å². The van der Waals surface area contributed by atoms with Crippen LogP contribution >= 0.6 is 15.9 Å². The summed E-state index contributed by atoms with van der Waals surface area (Å²) < 4.78 is 0.966. The van der Waals surface area contributed by atoms with Gasteiger partial charge in [-0.1, -0.05) is 22.0 Å². The topological polar surface area (TPSA) is 44.4 Å². The second-order valence-electron chi connectivity index (χ2n) is 5.46. The van der Waals surface area contributed by atoms with Gasteiger partial charge in [-0.25, -0.2) is 0 Å². The monoisotopic (exact) mass is 339 g/mol. The quantitative estimate of drug-likeness (QED) is 0.865. The number of piperidine rings is 1. The maximum absolute atomic E-state index is 11.8.